The van der Waals surface area contributed by atoms with E-state index in [1.165, 1.54) is 11.3 Å². The van der Waals surface area contributed by atoms with Crippen LogP contribution in [0.5, 0.6) is 0 Å². The van der Waals surface area contributed by atoms with Gasteiger partial charge in [-0.15, -0.1) is 0 Å². The predicted octanol–water partition coefficient (Wildman–Crippen LogP) is 4.84. The van der Waals surface area contributed by atoms with E-state index in [2.05, 4.69) is 86.0 Å². The molecular weight excluding hydrogens is 266 g/mol. The van der Waals surface area contributed by atoms with Crippen molar-refractivity contribution < 1.29 is 0 Å². The molecule has 1 nitrogen and oxygen atoms in total. The number of nitrogens with zero attached hydrogens (tertiary/aromatic N) is 1. The maximum atomic E-state index is 3.36. The monoisotopic (exact) mass is 289 g/mol. The number of fused-ring (bicyclic) bond motifs is 2. The van der Waals surface area contributed by atoms with E-state index in [0.29, 0.717) is 5.41 Å². The molecule has 0 aliphatic carbocycles. The fourth-order valence-corrected chi connectivity index (χ4v) is 2.73. The molecule has 1 aliphatic rings. The van der Waals surface area contributed by atoms with Crippen molar-refractivity contribution in [2.45, 2.75) is 33.7 Å². The molecule has 0 N–H and O–H groups in total. The minimum atomic E-state index is 0.336. The van der Waals surface area contributed by atoms with Crippen molar-refractivity contribution in [1.29, 1.82) is 0 Å². The van der Waals surface area contributed by atoms with Crippen LogP contribution in [0.4, 0.5) is 5.69 Å². The Kier molecular flexibility index (Phi) is 3.94. The number of para-hydroxylation sites is 1. The quantitative estimate of drug-likeness (QED) is 0.715. The minimum absolute atomic E-state index is 0.336. The molecule has 3 rings (SSSR count). The number of rotatable bonds is 2. The lowest BCUT2D eigenvalue weighted by atomic mass is 9.91. The van der Waals surface area contributed by atoms with Crippen LogP contribution in [0.15, 0.2) is 48.5 Å². The van der Waals surface area contributed by atoms with Gasteiger partial charge in [-0.1, -0.05) is 62.9 Å². The van der Waals surface area contributed by atoms with E-state index in [4.69, 9.17) is 0 Å². The molecule has 0 spiro atoms. The molecule has 0 unspecified atom stereocenters. The van der Waals surface area contributed by atoms with Gasteiger partial charge in [-0.05, 0) is 35.6 Å². The first-order chi connectivity index (χ1) is 10.5. The second kappa shape index (κ2) is 5.89. The lowest BCUT2D eigenvalue weighted by molar-refractivity contribution is 0.378. The van der Waals surface area contributed by atoms with E-state index in [1.54, 1.807) is 0 Å². The van der Waals surface area contributed by atoms with Gasteiger partial charge in [-0.2, -0.15) is 0 Å². The second-order valence-corrected chi connectivity index (χ2v) is 7.16. The highest BCUT2D eigenvalue weighted by molar-refractivity contribution is 5.64. The van der Waals surface area contributed by atoms with Gasteiger partial charge in [0.05, 0.1) is 5.69 Å². The summed E-state index contributed by atoms with van der Waals surface area (Å²) in [4.78, 5) is 2.48. The molecular formula is C21H23N. The zero-order chi connectivity index (χ0) is 15.6. The third-order valence-corrected chi connectivity index (χ3v) is 4.09. The first-order valence-corrected chi connectivity index (χ1v) is 7.97. The third kappa shape index (κ3) is 3.34. The fourth-order valence-electron chi connectivity index (χ4n) is 2.73. The molecule has 1 heteroatoms. The Morgan fingerprint density at radius 2 is 1.55 bits per heavy atom. The van der Waals surface area contributed by atoms with Crippen molar-refractivity contribution in [3.63, 3.8) is 0 Å². The Labute approximate surface area is 134 Å². The number of anilines is 1. The Hall–Kier alpha value is -2.20. The number of hydrogen-bond acceptors (Lipinski definition) is 1. The molecule has 112 valence electrons. The van der Waals surface area contributed by atoms with Crippen LogP contribution in [-0.2, 0) is 6.54 Å². The number of benzene rings is 2. The zero-order valence-electron chi connectivity index (χ0n) is 13.7. The van der Waals surface area contributed by atoms with Gasteiger partial charge in [-0.25, -0.2) is 0 Å². The summed E-state index contributed by atoms with van der Waals surface area (Å²) in [5, 5.41) is 0. The van der Waals surface area contributed by atoms with Crippen molar-refractivity contribution in [2.24, 2.45) is 5.41 Å². The van der Waals surface area contributed by atoms with Gasteiger partial charge in [0.1, 0.15) is 0 Å². The van der Waals surface area contributed by atoms with E-state index in [1.807, 2.05) is 0 Å². The predicted molar refractivity (Wildman–Crippen MR) is 94.0 cm³/mol. The Bertz CT molecular complexity index is 725. The first-order valence-electron chi connectivity index (χ1n) is 7.97. The molecule has 0 radical (unpaired) electrons. The highest BCUT2D eigenvalue weighted by atomic mass is 15.1. The standard InChI is InChI=1S/C21H23N/c1-21(2,3)14-15-22-16-19-10-5-4-8-17(19)12-13-18-9-6-7-11-20(18)22/h4-11H,14-16H2,1-3H3. The molecule has 2 aromatic carbocycles. The number of hydrogen-bond donors (Lipinski definition) is 0. The SMILES string of the molecule is CC(C)(C)CCN1Cc2ccccc2C#Cc2ccccc21. The van der Waals surface area contributed by atoms with Crippen molar-refractivity contribution in [3.05, 3.63) is 65.2 Å². The Balaban J connectivity index is 2.01. The van der Waals surface area contributed by atoms with Gasteiger partial charge in [0.25, 0.3) is 0 Å². The van der Waals surface area contributed by atoms with Gasteiger partial charge in [0, 0.05) is 24.2 Å². The van der Waals surface area contributed by atoms with E-state index in [-0.39, 0.29) is 0 Å². The molecule has 0 bridgehead atoms. The fraction of sp³-hybridized carbons (Fsp3) is 0.333. The van der Waals surface area contributed by atoms with Gasteiger partial charge in [-0.3, -0.25) is 0 Å². The molecule has 0 saturated carbocycles. The van der Waals surface area contributed by atoms with Crippen LogP contribution in [-0.4, -0.2) is 6.54 Å². The van der Waals surface area contributed by atoms with Crippen LogP contribution in [0.2, 0.25) is 0 Å². The Morgan fingerprint density at radius 1 is 0.909 bits per heavy atom. The lowest BCUT2D eigenvalue weighted by Gasteiger charge is -2.30. The average Bonchev–Trinajstić information content (AvgIpc) is 2.47. The molecule has 0 atom stereocenters. The highest BCUT2D eigenvalue weighted by Crippen LogP contribution is 2.27. The van der Waals surface area contributed by atoms with Crippen LogP contribution in [0, 0.1) is 17.3 Å². The first kappa shape index (κ1) is 14.7. The smallest absolute Gasteiger partial charge is 0.0528 e. The normalized spacial score (nSPS) is 13.3. The maximum absolute atomic E-state index is 3.36. The van der Waals surface area contributed by atoms with Crippen LogP contribution >= 0.6 is 0 Å². The summed E-state index contributed by atoms with van der Waals surface area (Å²) in [6, 6.07) is 17.0. The van der Waals surface area contributed by atoms with Crippen LogP contribution < -0.4 is 4.90 Å². The maximum Gasteiger partial charge on any atom is 0.0528 e. The molecule has 0 amide bonds. The Morgan fingerprint density at radius 3 is 2.32 bits per heavy atom. The molecule has 2 aromatic rings. The van der Waals surface area contributed by atoms with E-state index < -0.39 is 0 Å². The molecule has 0 saturated heterocycles. The van der Waals surface area contributed by atoms with Crippen LogP contribution in [0.1, 0.15) is 43.9 Å². The summed E-state index contributed by atoms with van der Waals surface area (Å²) in [6.07, 6.45) is 1.16. The van der Waals surface area contributed by atoms with Crippen molar-refractivity contribution in [2.75, 3.05) is 11.4 Å². The highest BCUT2D eigenvalue weighted by Gasteiger charge is 2.17. The van der Waals surface area contributed by atoms with Gasteiger partial charge in [0.15, 0.2) is 0 Å². The van der Waals surface area contributed by atoms with Gasteiger partial charge >= 0.3 is 0 Å². The summed E-state index contributed by atoms with van der Waals surface area (Å²) in [5.41, 5.74) is 5.19. The molecule has 0 fully saturated rings. The average molecular weight is 289 g/mol. The van der Waals surface area contributed by atoms with E-state index in [0.717, 1.165) is 30.6 Å². The zero-order valence-corrected chi connectivity index (χ0v) is 13.7. The molecule has 22 heavy (non-hydrogen) atoms. The van der Waals surface area contributed by atoms with Crippen molar-refractivity contribution in [1.82, 2.24) is 0 Å². The van der Waals surface area contributed by atoms with Crippen LogP contribution in [0.25, 0.3) is 0 Å². The second-order valence-electron chi connectivity index (χ2n) is 7.16. The van der Waals surface area contributed by atoms with Gasteiger partial charge in [0.2, 0.25) is 0 Å². The third-order valence-electron chi connectivity index (χ3n) is 4.09. The summed E-state index contributed by atoms with van der Waals surface area (Å²) in [5.74, 6) is 6.69. The largest absolute Gasteiger partial charge is 0.366 e. The van der Waals surface area contributed by atoms with E-state index >= 15 is 0 Å². The molecule has 0 aromatic heterocycles. The topological polar surface area (TPSA) is 3.24 Å². The summed E-state index contributed by atoms with van der Waals surface area (Å²) in [7, 11) is 0. The summed E-state index contributed by atoms with van der Waals surface area (Å²) in [6.45, 7) is 8.89. The molecule has 1 heterocycles. The van der Waals surface area contributed by atoms with E-state index in [9.17, 15) is 0 Å². The van der Waals surface area contributed by atoms with Crippen molar-refractivity contribution in [3.8, 4) is 11.8 Å². The molecule has 1 aliphatic heterocycles. The minimum Gasteiger partial charge on any atom is -0.366 e. The van der Waals surface area contributed by atoms with Crippen molar-refractivity contribution >= 4 is 5.69 Å². The lowest BCUT2D eigenvalue weighted by Crippen LogP contribution is -2.28. The van der Waals surface area contributed by atoms with Gasteiger partial charge < -0.3 is 4.90 Å². The summed E-state index contributed by atoms with van der Waals surface area (Å²) < 4.78 is 0. The van der Waals surface area contributed by atoms with Crippen LogP contribution in [0.3, 0.4) is 0 Å². The summed E-state index contributed by atoms with van der Waals surface area (Å²) >= 11 is 0.